The highest BCUT2D eigenvalue weighted by Crippen LogP contribution is 2.23. The van der Waals surface area contributed by atoms with Crippen LogP contribution < -0.4 is 5.32 Å². The van der Waals surface area contributed by atoms with E-state index in [0.29, 0.717) is 5.69 Å². The molecule has 0 saturated carbocycles. The lowest BCUT2D eigenvalue weighted by Gasteiger charge is -2.05. The molecule has 1 amide bonds. The number of ether oxygens (including phenoxy) is 1. The minimum absolute atomic E-state index is 0.00648. The molecule has 0 spiro atoms. The summed E-state index contributed by atoms with van der Waals surface area (Å²) in [5.74, 6) is 0. The first-order chi connectivity index (χ1) is 7.79. The Bertz CT molecular complexity index is 495. The van der Waals surface area contributed by atoms with Crippen molar-refractivity contribution in [3.63, 3.8) is 0 Å². The summed E-state index contributed by atoms with van der Waals surface area (Å²) in [5, 5.41) is 14.2. The number of carbonyl (C=O) groups excluding carboxylic acids is 1. The van der Waals surface area contributed by atoms with Gasteiger partial charge in [0.25, 0.3) is 0 Å². The van der Waals surface area contributed by atoms with E-state index in [1.807, 2.05) is 29.6 Å². The van der Waals surface area contributed by atoms with Crippen LogP contribution in [0.15, 0.2) is 29.6 Å². The van der Waals surface area contributed by atoms with E-state index in [2.05, 4.69) is 5.32 Å². The summed E-state index contributed by atoms with van der Waals surface area (Å²) in [4.78, 5) is 11.2. The van der Waals surface area contributed by atoms with E-state index in [0.717, 1.165) is 5.39 Å². The molecule has 16 heavy (non-hydrogen) atoms. The highest BCUT2D eigenvalue weighted by Gasteiger charge is 2.03. The fourth-order valence-corrected chi connectivity index (χ4v) is 2.11. The summed E-state index contributed by atoms with van der Waals surface area (Å²) in [6.07, 6.45) is -0.552. The summed E-state index contributed by atoms with van der Waals surface area (Å²) in [7, 11) is 0. The molecule has 0 aliphatic rings. The van der Waals surface area contributed by atoms with Crippen LogP contribution in [0, 0.1) is 0 Å². The Hall–Kier alpha value is -1.59. The summed E-state index contributed by atoms with van der Waals surface area (Å²) < 4.78 is 5.87. The van der Waals surface area contributed by atoms with Gasteiger partial charge >= 0.3 is 6.09 Å². The first-order valence-corrected chi connectivity index (χ1v) is 5.69. The fraction of sp³-hybridized carbons (Fsp3) is 0.182. The molecule has 0 aliphatic carbocycles. The van der Waals surface area contributed by atoms with E-state index in [-0.39, 0.29) is 13.2 Å². The summed E-state index contributed by atoms with van der Waals surface area (Å²) in [6.45, 7) is -0.163. The number of aliphatic hydroxyl groups is 1. The monoisotopic (exact) mass is 237 g/mol. The Morgan fingerprint density at radius 2 is 2.31 bits per heavy atom. The van der Waals surface area contributed by atoms with Gasteiger partial charge in [0.1, 0.15) is 6.61 Å². The molecule has 84 valence electrons. The zero-order chi connectivity index (χ0) is 11.4. The number of amides is 1. The van der Waals surface area contributed by atoms with Gasteiger partial charge in [0.2, 0.25) is 0 Å². The third-order valence-electron chi connectivity index (χ3n) is 2.02. The molecule has 2 rings (SSSR count). The lowest BCUT2D eigenvalue weighted by molar-refractivity contribution is 0.131. The van der Waals surface area contributed by atoms with Crippen LogP contribution in [0.2, 0.25) is 0 Å². The van der Waals surface area contributed by atoms with Crippen molar-refractivity contribution >= 4 is 33.2 Å². The normalized spacial score (nSPS) is 10.3. The van der Waals surface area contributed by atoms with Crippen molar-refractivity contribution in [3.8, 4) is 0 Å². The number of aliphatic hydroxyl groups excluding tert-OH is 1. The van der Waals surface area contributed by atoms with Crippen molar-refractivity contribution in [2.75, 3.05) is 18.5 Å². The molecule has 0 unspecified atom stereocenters. The third kappa shape index (κ3) is 2.50. The Balaban J connectivity index is 2.06. The average molecular weight is 237 g/mol. The Labute approximate surface area is 96.5 Å². The standard InChI is InChI=1S/C11H11NO3S/c13-4-5-15-11(14)12-9-1-2-10-8(7-9)3-6-16-10/h1-3,6-7,13H,4-5H2,(H,12,14). The van der Waals surface area contributed by atoms with E-state index in [1.165, 1.54) is 4.70 Å². The lowest BCUT2D eigenvalue weighted by atomic mass is 10.2. The molecule has 0 aliphatic heterocycles. The van der Waals surface area contributed by atoms with Gasteiger partial charge in [-0.05, 0) is 35.0 Å². The van der Waals surface area contributed by atoms with Gasteiger partial charge in [-0.15, -0.1) is 11.3 Å². The maximum absolute atomic E-state index is 11.2. The molecular formula is C11H11NO3S. The molecule has 0 fully saturated rings. The number of thiophene rings is 1. The van der Waals surface area contributed by atoms with Gasteiger partial charge in [0.15, 0.2) is 0 Å². The predicted octanol–water partition coefficient (Wildman–Crippen LogP) is 2.44. The molecule has 0 bridgehead atoms. The van der Waals surface area contributed by atoms with Crippen molar-refractivity contribution in [1.82, 2.24) is 0 Å². The van der Waals surface area contributed by atoms with Crippen LogP contribution in [0.1, 0.15) is 0 Å². The van der Waals surface area contributed by atoms with E-state index >= 15 is 0 Å². The fourth-order valence-electron chi connectivity index (χ4n) is 1.34. The number of nitrogens with one attached hydrogen (secondary N) is 1. The summed E-state index contributed by atoms with van der Waals surface area (Å²) >= 11 is 1.65. The molecule has 1 aromatic carbocycles. The molecule has 1 aromatic heterocycles. The van der Waals surface area contributed by atoms with E-state index in [4.69, 9.17) is 9.84 Å². The minimum atomic E-state index is -0.552. The van der Waals surface area contributed by atoms with Gasteiger partial charge in [-0.1, -0.05) is 0 Å². The van der Waals surface area contributed by atoms with Crippen LogP contribution in [0.4, 0.5) is 10.5 Å². The molecule has 0 atom stereocenters. The van der Waals surface area contributed by atoms with Gasteiger partial charge < -0.3 is 9.84 Å². The van der Waals surface area contributed by atoms with Crippen LogP contribution in [-0.4, -0.2) is 24.4 Å². The van der Waals surface area contributed by atoms with Crippen molar-refractivity contribution in [2.24, 2.45) is 0 Å². The van der Waals surface area contributed by atoms with E-state index in [1.54, 1.807) is 11.3 Å². The van der Waals surface area contributed by atoms with Gasteiger partial charge in [-0.3, -0.25) is 5.32 Å². The highest BCUT2D eigenvalue weighted by atomic mass is 32.1. The summed E-state index contributed by atoms with van der Waals surface area (Å²) in [5.41, 5.74) is 0.689. The van der Waals surface area contributed by atoms with Crippen LogP contribution in [0.3, 0.4) is 0 Å². The maximum atomic E-state index is 11.2. The zero-order valence-corrected chi connectivity index (χ0v) is 9.29. The van der Waals surface area contributed by atoms with E-state index in [9.17, 15) is 4.79 Å². The first-order valence-electron chi connectivity index (χ1n) is 4.81. The number of benzene rings is 1. The van der Waals surface area contributed by atoms with Gasteiger partial charge in [-0.2, -0.15) is 0 Å². The number of hydrogen-bond acceptors (Lipinski definition) is 4. The Morgan fingerprint density at radius 1 is 1.44 bits per heavy atom. The lowest BCUT2D eigenvalue weighted by Crippen LogP contribution is -2.15. The second-order valence-electron chi connectivity index (χ2n) is 3.16. The van der Waals surface area contributed by atoms with Gasteiger partial charge in [0.05, 0.1) is 6.61 Å². The molecule has 4 nitrogen and oxygen atoms in total. The third-order valence-corrected chi connectivity index (χ3v) is 2.92. The zero-order valence-electron chi connectivity index (χ0n) is 8.47. The van der Waals surface area contributed by atoms with E-state index < -0.39 is 6.09 Å². The molecular weight excluding hydrogens is 226 g/mol. The second kappa shape index (κ2) is 4.96. The molecule has 0 saturated heterocycles. The topological polar surface area (TPSA) is 58.6 Å². The highest BCUT2D eigenvalue weighted by molar-refractivity contribution is 7.17. The number of rotatable bonds is 3. The van der Waals surface area contributed by atoms with Crippen LogP contribution in [0.25, 0.3) is 10.1 Å². The Morgan fingerprint density at radius 3 is 3.12 bits per heavy atom. The number of carbonyl (C=O) groups is 1. The number of anilines is 1. The molecule has 2 N–H and O–H groups in total. The first kappa shape index (κ1) is 10.9. The predicted molar refractivity (Wildman–Crippen MR) is 63.9 cm³/mol. The van der Waals surface area contributed by atoms with Crippen molar-refractivity contribution < 1.29 is 14.6 Å². The second-order valence-corrected chi connectivity index (χ2v) is 4.11. The quantitative estimate of drug-likeness (QED) is 0.862. The average Bonchev–Trinajstić information content (AvgIpc) is 2.73. The smallest absolute Gasteiger partial charge is 0.411 e. The molecule has 1 heterocycles. The van der Waals surface area contributed by atoms with Crippen molar-refractivity contribution in [2.45, 2.75) is 0 Å². The largest absolute Gasteiger partial charge is 0.447 e. The maximum Gasteiger partial charge on any atom is 0.411 e. The Kier molecular flexibility index (Phi) is 3.38. The van der Waals surface area contributed by atoms with Crippen molar-refractivity contribution in [3.05, 3.63) is 29.6 Å². The van der Waals surface area contributed by atoms with Crippen LogP contribution in [-0.2, 0) is 4.74 Å². The van der Waals surface area contributed by atoms with Gasteiger partial charge in [0, 0.05) is 10.4 Å². The SMILES string of the molecule is O=C(Nc1ccc2sccc2c1)OCCO. The minimum Gasteiger partial charge on any atom is -0.447 e. The van der Waals surface area contributed by atoms with Crippen LogP contribution >= 0.6 is 11.3 Å². The van der Waals surface area contributed by atoms with Gasteiger partial charge in [-0.25, -0.2) is 4.79 Å². The molecule has 0 radical (unpaired) electrons. The van der Waals surface area contributed by atoms with Crippen molar-refractivity contribution in [1.29, 1.82) is 0 Å². The number of hydrogen-bond donors (Lipinski definition) is 2. The van der Waals surface area contributed by atoms with Crippen LogP contribution in [0.5, 0.6) is 0 Å². The molecule has 5 heteroatoms. The number of fused-ring (bicyclic) bond motifs is 1. The molecule has 2 aromatic rings. The summed E-state index contributed by atoms with van der Waals surface area (Å²) in [6, 6.07) is 7.64.